The van der Waals surface area contributed by atoms with E-state index >= 15 is 4.39 Å². The zero-order valence-electron chi connectivity index (χ0n) is 22.9. The highest BCUT2D eigenvalue weighted by Crippen LogP contribution is 2.42. The second kappa shape index (κ2) is 9.68. The third kappa shape index (κ3) is 4.22. The van der Waals surface area contributed by atoms with Crippen LogP contribution in [-0.4, -0.2) is 70.4 Å². The summed E-state index contributed by atoms with van der Waals surface area (Å²) in [5.74, 6) is -0.0722. The van der Waals surface area contributed by atoms with Crippen LogP contribution in [0.15, 0.2) is 42.6 Å². The lowest BCUT2D eigenvalue weighted by Crippen LogP contribution is -2.51. The summed E-state index contributed by atoms with van der Waals surface area (Å²) in [5.41, 5.74) is 1.74. The van der Waals surface area contributed by atoms with Crippen molar-refractivity contribution in [2.75, 3.05) is 37.7 Å². The third-order valence-corrected chi connectivity index (χ3v) is 10.1. The molecule has 0 aliphatic carbocycles. The van der Waals surface area contributed by atoms with E-state index < -0.39 is 5.82 Å². The average molecular weight is 574 g/mol. The quantitative estimate of drug-likeness (QED) is 0.308. The van der Waals surface area contributed by atoms with E-state index in [9.17, 15) is 5.11 Å². The van der Waals surface area contributed by atoms with Crippen LogP contribution in [-0.2, 0) is 0 Å². The number of phenols is 1. The molecular formula is C32H33ClFN5O2. The van der Waals surface area contributed by atoms with Crippen LogP contribution < -0.4 is 15.0 Å². The Bertz CT molecular complexity index is 1660. The van der Waals surface area contributed by atoms with Crippen molar-refractivity contribution in [2.24, 2.45) is 0 Å². The number of phenolic OH excluding ortho intramolecular Hbond substituents is 1. The number of hydrogen-bond donors (Lipinski definition) is 2. The minimum absolute atomic E-state index is 0.0232. The fourth-order valence-electron chi connectivity index (χ4n) is 7.85. The number of rotatable bonds is 5. The molecule has 6 heterocycles. The zero-order valence-corrected chi connectivity index (χ0v) is 23.6. The predicted molar refractivity (Wildman–Crippen MR) is 160 cm³/mol. The second-order valence-electron chi connectivity index (χ2n) is 12.2. The van der Waals surface area contributed by atoms with Crippen LogP contribution in [0.3, 0.4) is 0 Å². The largest absolute Gasteiger partial charge is 0.508 e. The Morgan fingerprint density at radius 2 is 1.88 bits per heavy atom. The van der Waals surface area contributed by atoms with Crippen LogP contribution in [0.1, 0.15) is 38.5 Å². The maximum absolute atomic E-state index is 16.6. The molecule has 4 aliphatic rings. The number of piperazine rings is 1. The van der Waals surface area contributed by atoms with Crippen LogP contribution in [0.4, 0.5) is 10.1 Å². The van der Waals surface area contributed by atoms with Crippen molar-refractivity contribution in [2.45, 2.75) is 56.1 Å². The van der Waals surface area contributed by atoms with Crippen LogP contribution in [0.2, 0.25) is 5.02 Å². The molecule has 2 bridgehead atoms. The summed E-state index contributed by atoms with van der Waals surface area (Å²) < 4.78 is 23.1. The van der Waals surface area contributed by atoms with Gasteiger partial charge in [0.15, 0.2) is 5.82 Å². The van der Waals surface area contributed by atoms with E-state index in [4.69, 9.17) is 21.3 Å². The van der Waals surface area contributed by atoms with Gasteiger partial charge in [-0.1, -0.05) is 23.7 Å². The number of aromatic nitrogens is 2. The molecule has 2 atom stereocenters. The molecule has 0 radical (unpaired) electrons. The van der Waals surface area contributed by atoms with Crippen molar-refractivity contribution in [3.05, 3.63) is 53.4 Å². The van der Waals surface area contributed by atoms with Crippen molar-refractivity contribution in [3.8, 4) is 22.9 Å². The third-order valence-electron chi connectivity index (χ3n) is 9.77. The van der Waals surface area contributed by atoms with Crippen LogP contribution in [0.5, 0.6) is 11.6 Å². The number of halogens is 2. The van der Waals surface area contributed by atoms with E-state index in [0.29, 0.717) is 51.3 Å². The molecular weight excluding hydrogens is 541 g/mol. The molecule has 4 saturated heterocycles. The minimum Gasteiger partial charge on any atom is -0.508 e. The van der Waals surface area contributed by atoms with E-state index in [1.807, 2.05) is 18.2 Å². The van der Waals surface area contributed by atoms with Gasteiger partial charge in [0.25, 0.3) is 0 Å². The molecule has 4 aromatic rings. The molecule has 4 aliphatic heterocycles. The standard InChI is InChI=1S/C32H33ClFN5O2/c33-25-5-1-4-19-12-22(40)13-23(28(19)25)30-29(34)31-24(15-35-30)26(38-16-20-6-7-21(17-38)36-20)14-27(37-31)41-18-32-8-2-10-39(32)11-3-9-32/h1,4-5,12-15,20-21,36,40H,2-3,6-11,16-18H2. The Morgan fingerprint density at radius 1 is 1.10 bits per heavy atom. The highest BCUT2D eigenvalue weighted by molar-refractivity contribution is 6.36. The van der Waals surface area contributed by atoms with Gasteiger partial charge >= 0.3 is 0 Å². The molecule has 8 rings (SSSR count). The summed E-state index contributed by atoms with van der Waals surface area (Å²) in [6, 6.07) is 11.4. The van der Waals surface area contributed by atoms with Gasteiger partial charge in [-0.05, 0) is 75.2 Å². The molecule has 0 saturated carbocycles. The normalized spacial score (nSPS) is 23.5. The van der Waals surface area contributed by atoms with Crippen molar-refractivity contribution in [1.82, 2.24) is 20.2 Å². The summed E-state index contributed by atoms with van der Waals surface area (Å²) in [7, 11) is 0. The number of ether oxygens (including phenoxy) is 1. The van der Waals surface area contributed by atoms with Crippen LogP contribution in [0, 0.1) is 5.82 Å². The van der Waals surface area contributed by atoms with E-state index in [1.165, 1.54) is 18.9 Å². The predicted octanol–water partition coefficient (Wildman–Crippen LogP) is 5.90. The average Bonchev–Trinajstić information content (AvgIpc) is 3.65. The smallest absolute Gasteiger partial charge is 0.216 e. The molecule has 2 aromatic carbocycles. The van der Waals surface area contributed by atoms with Gasteiger partial charge in [0, 0.05) is 58.8 Å². The summed E-state index contributed by atoms with van der Waals surface area (Å²) in [6.45, 7) is 4.50. The maximum Gasteiger partial charge on any atom is 0.216 e. The zero-order chi connectivity index (χ0) is 27.7. The number of benzene rings is 2. The molecule has 2 N–H and O–H groups in total. The summed E-state index contributed by atoms with van der Waals surface area (Å²) >= 11 is 6.58. The summed E-state index contributed by atoms with van der Waals surface area (Å²) in [6.07, 6.45) is 8.64. The molecule has 212 valence electrons. The Morgan fingerprint density at radius 3 is 2.66 bits per heavy atom. The number of pyridine rings is 2. The van der Waals surface area contributed by atoms with Crippen molar-refractivity contribution >= 4 is 39.0 Å². The molecule has 9 heteroatoms. The lowest BCUT2D eigenvalue weighted by molar-refractivity contribution is 0.111. The molecule has 2 aromatic heterocycles. The van der Waals surface area contributed by atoms with Crippen molar-refractivity contribution < 1.29 is 14.2 Å². The molecule has 7 nitrogen and oxygen atoms in total. The van der Waals surface area contributed by atoms with Crippen molar-refractivity contribution in [3.63, 3.8) is 0 Å². The van der Waals surface area contributed by atoms with Crippen LogP contribution in [0.25, 0.3) is 32.9 Å². The first-order valence-corrected chi connectivity index (χ1v) is 15.1. The first kappa shape index (κ1) is 25.5. The summed E-state index contributed by atoms with van der Waals surface area (Å²) in [5, 5.41) is 16.7. The first-order chi connectivity index (χ1) is 20.0. The Balaban J connectivity index is 1.26. The molecule has 0 spiro atoms. The lowest BCUT2D eigenvalue weighted by Gasteiger charge is -2.35. The highest BCUT2D eigenvalue weighted by Gasteiger charge is 2.45. The minimum atomic E-state index is -0.541. The van der Waals surface area contributed by atoms with Gasteiger partial charge in [-0.15, -0.1) is 0 Å². The van der Waals surface area contributed by atoms with Gasteiger partial charge in [-0.2, -0.15) is 0 Å². The van der Waals surface area contributed by atoms with Gasteiger partial charge in [0.2, 0.25) is 5.88 Å². The number of fused-ring (bicyclic) bond motifs is 5. The first-order valence-electron chi connectivity index (χ1n) is 14.8. The fourth-order valence-corrected chi connectivity index (χ4v) is 8.13. The van der Waals surface area contributed by atoms with E-state index in [2.05, 4.69) is 20.1 Å². The topological polar surface area (TPSA) is 73.8 Å². The maximum atomic E-state index is 16.6. The van der Waals surface area contributed by atoms with Crippen LogP contribution >= 0.6 is 11.6 Å². The van der Waals surface area contributed by atoms with Gasteiger partial charge in [-0.3, -0.25) is 9.88 Å². The van der Waals surface area contributed by atoms with Gasteiger partial charge in [-0.25, -0.2) is 9.37 Å². The van der Waals surface area contributed by atoms with Gasteiger partial charge < -0.3 is 20.1 Å². The lowest BCUT2D eigenvalue weighted by atomic mass is 9.95. The fraction of sp³-hybridized carbons (Fsp3) is 0.438. The number of hydrogen-bond acceptors (Lipinski definition) is 7. The Labute approximate surface area is 243 Å². The second-order valence-corrected chi connectivity index (χ2v) is 12.7. The molecule has 2 unspecified atom stereocenters. The Kier molecular flexibility index (Phi) is 6.02. The molecule has 4 fully saturated rings. The number of nitrogens with one attached hydrogen (secondary N) is 1. The number of anilines is 1. The van der Waals surface area contributed by atoms with E-state index in [1.54, 1.807) is 18.3 Å². The number of aromatic hydroxyl groups is 1. The molecule has 0 amide bonds. The highest BCUT2D eigenvalue weighted by atomic mass is 35.5. The number of nitrogens with zero attached hydrogens (tertiary/aromatic N) is 4. The van der Waals surface area contributed by atoms with E-state index in [0.717, 1.165) is 57.5 Å². The van der Waals surface area contributed by atoms with E-state index in [-0.39, 0.29) is 22.5 Å². The summed E-state index contributed by atoms with van der Waals surface area (Å²) in [4.78, 5) is 14.3. The SMILES string of the molecule is Oc1cc(-c2ncc3c(N4CC5CCC(C4)N5)cc(OCC45CCCN4CCC5)nc3c2F)c2c(Cl)cccc2c1. The van der Waals surface area contributed by atoms with Crippen molar-refractivity contribution in [1.29, 1.82) is 0 Å². The Hall–Kier alpha value is -3.20. The van der Waals surface area contributed by atoms with Gasteiger partial charge in [0.05, 0.1) is 11.2 Å². The monoisotopic (exact) mass is 573 g/mol. The molecule has 41 heavy (non-hydrogen) atoms. The van der Waals surface area contributed by atoms with Gasteiger partial charge in [0.1, 0.15) is 23.6 Å².